The standard InChI is InChI=1S/C24H24Br2N2O3S/c1-17-6-8-19(9-7-17)15-28(32(30,31)23-12-10-21(25)11-13-23)16-24(29)27-18(2)20-4-3-5-22(26)14-20/h3-14,18H,15-16H2,1-2H3,(H,27,29). The molecule has 168 valence electrons. The van der Waals surface area contributed by atoms with Crippen LogP contribution in [0.4, 0.5) is 0 Å². The van der Waals surface area contributed by atoms with Gasteiger partial charge in [0, 0.05) is 15.5 Å². The molecule has 0 saturated carbocycles. The van der Waals surface area contributed by atoms with Crippen LogP contribution in [0.3, 0.4) is 0 Å². The molecule has 1 N–H and O–H groups in total. The van der Waals surface area contributed by atoms with Gasteiger partial charge in [0.15, 0.2) is 0 Å². The first-order chi connectivity index (χ1) is 15.1. The Kier molecular flexibility index (Phi) is 8.27. The van der Waals surface area contributed by atoms with Crippen molar-refractivity contribution in [1.82, 2.24) is 9.62 Å². The van der Waals surface area contributed by atoms with Gasteiger partial charge in [0.25, 0.3) is 0 Å². The van der Waals surface area contributed by atoms with E-state index in [4.69, 9.17) is 0 Å². The summed E-state index contributed by atoms with van der Waals surface area (Å²) in [5, 5.41) is 2.91. The number of nitrogens with zero attached hydrogens (tertiary/aromatic N) is 1. The number of aryl methyl sites for hydroxylation is 1. The van der Waals surface area contributed by atoms with Crippen LogP contribution in [0.1, 0.15) is 29.7 Å². The molecule has 0 saturated heterocycles. The third-order valence-electron chi connectivity index (χ3n) is 4.98. The molecule has 0 aliphatic carbocycles. The summed E-state index contributed by atoms with van der Waals surface area (Å²) in [6, 6.07) is 21.4. The maximum absolute atomic E-state index is 13.4. The lowest BCUT2D eigenvalue weighted by Crippen LogP contribution is -2.41. The highest BCUT2D eigenvalue weighted by molar-refractivity contribution is 9.10. The molecule has 3 rings (SSSR count). The number of carbonyl (C=O) groups excluding carboxylic acids is 1. The number of sulfonamides is 1. The van der Waals surface area contributed by atoms with Crippen LogP contribution in [-0.2, 0) is 21.4 Å². The lowest BCUT2D eigenvalue weighted by atomic mass is 10.1. The molecule has 1 atom stereocenters. The summed E-state index contributed by atoms with van der Waals surface area (Å²) in [6.45, 7) is 3.64. The smallest absolute Gasteiger partial charge is 0.243 e. The number of hydrogen-bond acceptors (Lipinski definition) is 3. The summed E-state index contributed by atoms with van der Waals surface area (Å²) in [5.41, 5.74) is 2.81. The Bertz CT molecular complexity index is 1180. The van der Waals surface area contributed by atoms with Gasteiger partial charge in [-0.3, -0.25) is 4.79 Å². The Morgan fingerprint density at radius 1 is 0.969 bits per heavy atom. The fourth-order valence-corrected chi connectivity index (χ4v) is 5.25. The summed E-state index contributed by atoms with van der Waals surface area (Å²) in [7, 11) is -3.88. The van der Waals surface area contributed by atoms with E-state index in [1.807, 2.05) is 62.4 Å². The number of hydrogen-bond donors (Lipinski definition) is 1. The highest BCUT2D eigenvalue weighted by Crippen LogP contribution is 2.22. The Morgan fingerprint density at radius 3 is 2.25 bits per heavy atom. The van der Waals surface area contributed by atoms with Crippen molar-refractivity contribution in [2.45, 2.75) is 31.3 Å². The van der Waals surface area contributed by atoms with Crippen LogP contribution in [0.25, 0.3) is 0 Å². The molecule has 0 bridgehead atoms. The first-order valence-corrected chi connectivity index (χ1v) is 13.0. The quantitative estimate of drug-likeness (QED) is 0.378. The Labute approximate surface area is 206 Å². The number of rotatable bonds is 8. The minimum atomic E-state index is -3.88. The normalized spacial score (nSPS) is 12.5. The first kappa shape index (κ1) is 24.6. The molecule has 3 aromatic carbocycles. The van der Waals surface area contributed by atoms with Crippen molar-refractivity contribution in [3.63, 3.8) is 0 Å². The van der Waals surface area contributed by atoms with E-state index in [-0.39, 0.29) is 29.9 Å². The second kappa shape index (κ2) is 10.7. The molecule has 0 aliphatic heterocycles. The lowest BCUT2D eigenvalue weighted by Gasteiger charge is -2.23. The molecule has 5 nitrogen and oxygen atoms in total. The molecule has 0 fully saturated rings. The molecule has 0 radical (unpaired) electrons. The minimum absolute atomic E-state index is 0.0946. The van der Waals surface area contributed by atoms with E-state index in [2.05, 4.69) is 37.2 Å². The summed E-state index contributed by atoms with van der Waals surface area (Å²) >= 11 is 6.76. The van der Waals surface area contributed by atoms with E-state index in [9.17, 15) is 13.2 Å². The topological polar surface area (TPSA) is 66.5 Å². The van der Waals surface area contributed by atoms with E-state index in [0.717, 1.165) is 25.6 Å². The van der Waals surface area contributed by atoms with E-state index < -0.39 is 10.0 Å². The average Bonchev–Trinajstić information content (AvgIpc) is 2.75. The van der Waals surface area contributed by atoms with Crippen molar-refractivity contribution in [3.8, 4) is 0 Å². The Balaban J connectivity index is 1.83. The zero-order valence-corrected chi connectivity index (χ0v) is 21.7. The SMILES string of the molecule is Cc1ccc(CN(CC(=O)NC(C)c2cccc(Br)c2)S(=O)(=O)c2ccc(Br)cc2)cc1. The van der Waals surface area contributed by atoms with E-state index in [0.29, 0.717) is 0 Å². The summed E-state index contributed by atoms with van der Waals surface area (Å²) in [6.07, 6.45) is 0. The van der Waals surface area contributed by atoms with Gasteiger partial charge in [0.05, 0.1) is 17.5 Å². The summed E-state index contributed by atoms with van der Waals surface area (Å²) in [5.74, 6) is -0.370. The summed E-state index contributed by atoms with van der Waals surface area (Å²) in [4.78, 5) is 13.0. The van der Waals surface area contributed by atoms with Crippen LogP contribution in [0.2, 0.25) is 0 Å². The molecular weight excluding hydrogens is 556 g/mol. The number of amides is 1. The zero-order chi connectivity index (χ0) is 23.3. The minimum Gasteiger partial charge on any atom is -0.348 e. The molecule has 0 spiro atoms. The average molecular weight is 580 g/mol. The highest BCUT2D eigenvalue weighted by atomic mass is 79.9. The highest BCUT2D eigenvalue weighted by Gasteiger charge is 2.27. The van der Waals surface area contributed by atoms with E-state index >= 15 is 0 Å². The van der Waals surface area contributed by atoms with Crippen molar-refractivity contribution < 1.29 is 13.2 Å². The number of benzene rings is 3. The summed E-state index contributed by atoms with van der Waals surface area (Å²) < 4.78 is 29.7. The molecule has 1 unspecified atom stereocenters. The van der Waals surface area contributed by atoms with Gasteiger partial charge in [-0.2, -0.15) is 4.31 Å². The Morgan fingerprint density at radius 2 is 1.62 bits per heavy atom. The fraction of sp³-hybridized carbons (Fsp3) is 0.208. The van der Waals surface area contributed by atoms with Gasteiger partial charge in [0.2, 0.25) is 15.9 Å². The van der Waals surface area contributed by atoms with Crippen molar-refractivity contribution in [3.05, 3.63) is 98.4 Å². The molecule has 1 amide bonds. The third kappa shape index (κ3) is 6.51. The maximum Gasteiger partial charge on any atom is 0.243 e. The number of nitrogens with one attached hydrogen (secondary N) is 1. The van der Waals surface area contributed by atoms with Crippen molar-refractivity contribution >= 4 is 47.8 Å². The third-order valence-corrected chi connectivity index (χ3v) is 7.80. The monoisotopic (exact) mass is 578 g/mol. The van der Waals surface area contributed by atoms with Gasteiger partial charge >= 0.3 is 0 Å². The first-order valence-electron chi connectivity index (χ1n) is 10.0. The molecule has 0 aromatic heterocycles. The second-order valence-electron chi connectivity index (χ2n) is 7.56. The van der Waals surface area contributed by atoms with E-state index in [1.165, 1.54) is 16.4 Å². The molecule has 3 aromatic rings. The van der Waals surface area contributed by atoms with Crippen molar-refractivity contribution in [2.24, 2.45) is 0 Å². The van der Waals surface area contributed by atoms with Gasteiger partial charge < -0.3 is 5.32 Å². The van der Waals surface area contributed by atoms with Crippen molar-refractivity contribution in [1.29, 1.82) is 0 Å². The van der Waals surface area contributed by atoms with Crippen LogP contribution in [0.5, 0.6) is 0 Å². The molecule has 8 heteroatoms. The van der Waals surface area contributed by atoms with Gasteiger partial charge in [-0.25, -0.2) is 8.42 Å². The number of halogens is 2. The fourth-order valence-electron chi connectivity index (χ4n) is 3.19. The van der Waals surface area contributed by atoms with Crippen LogP contribution < -0.4 is 5.32 Å². The predicted molar refractivity (Wildman–Crippen MR) is 134 cm³/mol. The lowest BCUT2D eigenvalue weighted by molar-refractivity contribution is -0.122. The maximum atomic E-state index is 13.4. The molecule has 0 heterocycles. The van der Waals surface area contributed by atoms with Crippen LogP contribution >= 0.6 is 31.9 Å². The van der Waals surface area contributed by atoms with Crippen LogP contribution in [0.15, 0.2) is 86.6 Å². The van der Waals surface area contributed by atoms with Gasteiger partial charge in [0.1, 0.15) is 0 Å². The van der Waals surface area contributed by atoms with Crippen LogP contribution in [0, 0.1) is 6.92 Å². The van der Waals surface area contributed by atoms with Gasteiger partial charge in [-0.05, 0) is 61.4 Å². The second-order valence-corrected chi connectivity index (χ2v) is 11.3. The molecule has 0 aliphatic rings. The Hall–Kier alpha value is -2.00. The van der Waals surface area contributed by atoms with E-state index in [1.54, 1.807) is 12.1 Å². The van der Waals surface area contributed by atoms with Gasteiger partial charge in [-0.1, -0.05) is 73.8 Å². The van der Waals surface area contributed by atoms with Crippen LogP contribution in [-0.4, -0.2) is 25.2 Å². The predicted octanol–water partition coefficient (Wildman–Crippen LogP) is 5.59. The largest absolute Gasteiger partial charge is 0.348 e. The molecule has 32 heavy (non-hydrogen) atoms. The number of carbonyl (C=O) groups is 1. The van der Waals surface area contributed by atoms with Gasteiger partial charge in [-0.15, -0.1) is 0 Å². The molecular formula is C24H24Br2N2O3S. The zero-order valence-electron chi connectivity index (χ0n) is 17.8. The van der Waals surface area contributed by atoms with Crippen molar-refractivity contribution in [2.75, 3.05) is 6.54 Å².